The number of piperidine rings is 1. The summed E-state index contributed by atoms with van der Waals surface area (Å²) in [4.78, 5) is 11.1. The van der Waals surface area contributed by atoms with Gasteiger partial charge in [0.05, 0.1) is 35.1 Å². The summed E-state index contributed by atoms with van der Waals surface area (Å²) in [6.45, 7) is 3.98. The Hall–Kier alpha value is -0.820. The summed E-state index contributed by atoms with van der Waals surface area (Å²) in [5.74, 6) is 0. The zero-order valence-corrected chi connectivity index (χ0v) is 13.9. The van der Waals surface area contributed by atoms with Gasteiger partial charge in [-0.15, -0.1) is 23.1 Å². The number of nitrogens with one attached hydrogen (secondary N) is 1. The minimum Gasteiger partial charge on any atom is -0.372 e. The van der Waals surface area contributed by atoms with Crippen LogP contribution in [0.1, 0.15) is 23.4 Å². The van der Waals surface area contributed by atoms with E-state index in [4.69, 9.17) is 4.74 Å². The molecule has 0 aromatic carbocycles. The number of nitrogens with zero attached hydrogens (tertiary/aromatic N) is 2. The van der Waals surface area contributed by atoms with Crippen LogP contribution in [0.15, 0.2) is 28.9 Å². The highest BCUT2D eigenvalue weighted by Gasteiger charge is 2.20. The van der Waals surface area contributed by atoms with E-state index in [1.165, 1.54) is 9.09 Å². The SMILES string of the molecule is CSc1ccc(CN2CCC(OCc3cnc[nH]3)CC2)s1. The molecule has 21 heavy (non-hydrogen) atoms. The van der Waals surface area contributed by atoms with Crippen LogP contribution in [-0.2, 0) is 17.9 Å². The molecule has 114 valence electrons. The van der Waals surface area contributed by atoms with Crippen LogP contribution in [0.3, 0.4) is 0 Å². The van der Waals surface area contributed by atoms with Crippen LogP contribution >= 0.6 is 23.1 Å². The maximum Gasteiger partial charge on any atom is 0.0922 e. The molecular weight excluding hydrogens is 302 g/mol. The first-order valence-corrected chi connectivity index (χ1v) is 9.31. The number of H-pyrrole nitrogens is 1. The molecule has 1 aliphatic rings. The summed E-state index contributed by atoms with van der Waals surface area (Å²) < 4.78 is 7.35. The van der Waals surface area contributed by atoms with Crippen molar-refractivity contribution in [3.05, 3.63) is 35.2 Å². The average molecular weight is 323 g/mol. The van der Waals surface area contributed by atoms with E-state index in [-0.39, 0.29) is 0 Å². The van der Waals surface area contributed by atoms with Gasteiger partial charge in [-0.25, -0.2) is 4.98 Å². The smallest absolute Gasteiger partial charge is 0.0922 e. The Kier molecular flexibility index (Phi) is 5.35. The van der Waals surface area contributed by atoms with Crippen molar-refractivity contribution in [3.63, 3.8) is 0 Å². The van der Waals surface area contributed by atoms with E-state index >= 15 is 0 Å². The number of aromatic amines is 1. The highest BCUT2D eigenvalue weighted by Crippen LogP contribution is 2.27. The molecule has 0 unspecified atom stereocenters. The van der Waals surface area contributed by atoms with Crippen LogP contribution in [0.2, 0.25) is 0 Å². The fourth-order valence-electron chi connectivity index (χ4n) is 2.58. The topological polar surface area (TPSA) is 41.1 Å². The van der Waals surface area contributed by atoms with Crippen LogP contribution in [0, 0.1) is 0 Å². The molecule has 0 saturated carbocycles. The van der Waals surface area contributed by atoms with Crippen LogP contribution in [0.25, 0.3) is 0 Å². The van der Waals surface area contributed by atoms with Crippen LogP contribution in [0.5, 0.6) is 0 Å². The van der Waals surface area contributed by atoms with Crippen molar-refractivity contribution in [2.75, 3.05) is 19.3 Å². The molecule has 1 saturated heterocycles. The van der Waals surface area contributed by atoms with Crippen molar-refractivity contribution >= 4 is 23.1 Å². The van der Waals surface area contributed by atoms with E-state index in [0.717, 1.165) is 38.2 Å². The number of imidazole rings is 1. The van der Waals surface area contributed by atoms with Gasteiger partial charge in [0.1, 0.15) is 0 Å². The number of aromatic nitrogens is 2. The highest BCUT2D eigenvalue weighted by atomic mass is 32.2. The molecule has 0 spiro atoms. The largest absolute Gasteiger partial charge is 0.372 e. The van der Waals surface area contributed by atoms with E-state index in [2.05, 4.69) is 33.3 Å². The highest BCUT2D eigenvalue weighted by molar-refractivity contribution is 8.00. The van der Waals surface area contributed by atoms with E-state index < -0.39 is 0 Å². The molecule has 3 rings (SSSR count). The molecule has 0 aliphatic carbocycles. The lowest BCUT2D eigenvalue weighted by Gasteiger charge is -2.31. The van der Waals surface area contributed by atoms with Gasteiger partial charge in [0.15, 0.2) is 0 Å². The fraction of sp³-hybridized carbons (Fsp3) is 0.533. The van der Waals surface area contributed by atoms with Crippen molar-refractivity contribution in [1.29, 1.82) is 0 Å². The number of hydrogen-bond acceptors (Lipinski definition) is 5. The van der Waals surface area contributed by atoms with Crippen molar-refractivity contribution in [1.82, 2.24) is 14.9 Å². The lowest BCUT2D eigenvalue weighted by Crippen LogP contribution is -2.36. The first-order chi connectivity index (χ1) is 10.3. The van der Waals surface area contributed by atoms with Gasteiger partial charge < -0.3 is 9.72 Å². The predicted molar refractivity (Wildman–Crippen MR) is 87.8 cm³/mol. The van der Waals surface area contributed by atoms with Gasteiger partial charge in [0.2, 0.25) is 0 Å². The minimum atomic E-state index is 0.384. The average Bonchev–Trinajstić information content (AvgIpc) is 3.18. The molecule has 0 amide bonds. The summed E-state index contributed by atoms with van der Waals surface area (Å²) >= 11 is 3.74. The molecule has 1 fully saturated rings. The van der Waals surface area contributed by atoms with Gasteiger partial charge in [-0.1, -0.05) is 0 Å². The summed E-state index contributed by atoms with van der Waals surface area (Å²) in [6, 6.07) is 4.49. The van der Waals surface area contributed by atoms with E-state index in [1.54, 1.807) is 6.33 Å². The van der Waals surface area contributed by atoms with Gasteiger partial charge in [0, 0.05) is 24.5 Å². The Morgan fingerprint density at radius 3 is 2.95 bits per heavy atom. The summed E-state index contributed by atoms with van der Waals surface area (Å²) in [5.41, 5.74) is 1.06. The maximum atomic E-state index is 5.95. The van der Waals surface area contributed by atoms with Crippen LogP contribution < -0.4 is 0 Å². The Balaban J connectivity index is 1.40. The number of ether oxygens (including phenoxy) is 1. The van der Waals surface area contributed by atoms with Crippen molar-refractivity contribution in [2.24, 2.45) is 0 Å². The Labute approximate surface area is 133 Å². The summed E-state index contributed by atoms with van der Waals surface area (Å²) in [5, 5.41) is 0. The second-order valence-electron chi connectivity index (χ2n) is 5.29. The molecule has 1 aliphatic heterocycles. The van der Waals surface area contributed by atoms with Gasteiger partial charge in [-0.3, -0.25) is 4.90 Å². The van der Waals surface area contributed by atoms with Gasteiger partial charge >= 0.3 is 0 Å². The second-order valence-corrected chi connectivity index (χ2v) is 7.56. The van der Waals surface area contributed by atoms with E-state index in [0.29, 0.717) is 12.7 Å². The maximum absolute atomic E-state index is 5.95. The second kappa shape index (κ2) is 7.45. The number of likely N-dealkylation sites (tertiary alicyclic amines) is 1. The lowest BCUT2D eigenvalue weighted by atomic mass is 10.1. The van der Waals surface area contributed by atoms with Gasteiger partial charge in [-0.05, 0) is 31.2 Å². The van der Waals surface area contributed by atoms with E-state index in [1.807, 2.05) is 29.3 Å². The number of thioether (sulfide) groups is 1. The Morgan fingerprint density at radius 2 is 2.29 bits per heavy atom. The molecule has 0 radical (unpaired) electrons. The third-order valence-corrected chi connectivity index (χ3v) is 5.93. The molecule has 0 atom stereocenters. The normalized spacial score (nSPS) is 17.4. The Morgan fingerprint density at radius 1 is 1.43 bits per heavy atom. The zero-order chi connectivity index (χ0) is 14.5. The van der Waals surface area contributed by atoms with Crippen molar-refractivity contribution in [3.8, 4) is 0 Å². The van der Waals surface area contributed by atoms with Gasteiger partial charge in [-0.2, -0.15) is 0 Å². The molecule has 3 heterocycles. The molecule has 4 nitrogen and oxygen atoms in total. The molecule has 2 aromatic rings. The fourth-order valence-corrected chi connectivity index (χ4v) is 4.21. The minimum absolute atomic E-state index is 0.384. The van der Waals surface area contributed by atoms with Crippen molar-refractivity contribution < 1.29 is 4.74 Å². The van der Waals surface area contributed by atoms with Crippen molar-refractivity contribution in [2.45, 2.75) is 36.3 Å². The first kappa shape index (κ1) is 15.1. The quantitative estimate of drug-likeness (QED) is 0.828. The molecule has 6 heteroatoms. The number of hydrogen-bond donors (Lipinski definition) is 1. The monoisotopic (exact) mass is 323 g/mol. The molecule has 0 bridgehead atoms. The number of thiophene rings is 1. The van der Waals surface area contributed by atoms with Crippen LogP contribution in [-0.4, -0.2) is 40.3 Å². The molecular formula is C15H21N3OS2. The summed E-state index contributed by atoms with van der Waals surface area (Å²) in [7, 11) is 0. The predicted octanol–water partition coefficient (Wildman–Crippen LogP) is 3.37. The summed E-state index contributed by atoms with van der Waals surface area (Å²) in [6.07, 6.45) is 8.29. The third kappa shape index (κ3) is 4.32. The standard InChI is InChI=1S/C15H21N3OS2/c1-20-15-3-2-14(21-15)9-18-6-4-13(5-7-18)19-10-12-8-16-11-17-12/h2-3,8,11,13H,4-7,9-10H2,1H3,(H,16,17). The molecule has 2 aromatic heterocycles. The first-order valence-electron chi connectivity index (χ1n) is 7.27. The number of rotatable bonds is 6. The van der Waals surface area contributed by atoms with Crippen LogP contribution in [0.4, 0.5) is 0 Å². The lowest BCUT2D eigenvalue weighted by molar-refractivity contribution is -0.00494. The molecule has 1 N–H and O–H groups in total. The zero-order valence-electron chi connectivity index (χ0n) is 12.2. The third-order valence-electron chi connectivity index (χ3n) is 3.78. The van der Waals surface area contributed by atoms with E-state index in [9.17, 15) is 0 Å². The Bertz CT molecular complexity index is 533. The van der Waals surface area contributed by atoms with Gasteiger partial charge in [0.25, 0.3) is 0 Å².